The molecule has 0 aliphatic carbocycles. The minimum absolute atomic E-state index is 0.117. The van der Waals surface area contributed by atoms with Crippen molar-refractivity contribution in [2.75, 3.05) is 23.7 Å². The average molecular weight is 605 g/mol. The molecule has 0 aromatic heterocycles. The van der Waals surface area contributed by atoms with Gasteiger partial charge in [0.05, 0.1) is 11.9 Å². The van der Waals surface area contributed by atoms with Gasteiger partial charge in [-0.25, -0.2) is 8.42 Å². The zero-order chi connectivity index (χ0) is 29.4. The molecular weight excluding hydrogens is 569 g/mol. The lowest BCUT2D eigenvalue weighted by molar-refractivity contribution is -0.140. The molecule has 1 atom stereocenters. The number of carbonyl (C=O) groups is 2. The normalized spacial score (nSPS) is 12.2. The summed E-state index contributed by atoms with van der Waals surface area (Å²) in [4.78, 5) is 29.2. The first-order valence-electron chi connectivity index (χ1n) is 12.9. The van der Waals surface area contributed by atoms with Crippen LogP contribution in [0.25, 0.3) is 0 Å². The maximum Gasteiger partial charge on any atom is 0.244 e. The minimum atomic E-state index is -3.92. The van der Waals surface area contributed by atoms with Crippen molar-refractivity contribution in [3.8, 4) is 0 Å². The zero-order valence-corrected chi connectivity index (χ0v) is 25.4. The molecular formula is C30H35Cl2N3O4S. The van der Waals surface area contributed by atoms with Gasteiger partial charge in [-0.05, 0) is 47.7 Å². The van der Waals surface area contributed by atoms with E-state index in [2.05, 4.69) is 5.32 Å². The Morgan fingerprint density at radius 3 is 2.10 bits per heavy atom. The molecule has 0 saturated carbocycles. The molecule has 40 heavy (non-hydrogen) atoms. The van der Waals surface area contributed by atoms with Gasteiger partial charge in [0.2, 0.25) is 21.8 Å². The van der Waals surface area contributed by atoms with Gasteiger partial charge in [0.15, 0.2) is 0 Å². The van der Waals surface area contributed by atoms with E-state index in [-0.39, 0.29) is 40.5 Å². The number of nitrogens with zero attached hydrogens (tertiary/aromatic N) is 2. The number of rotatable bonds is 12. The summed E-state index contributed by atoms with van der Waals surface area (Å²) >= 11 is 12.3. The Kier molecular flexibility index (Phi) is 11.0. The summed E-state index contributed by atoms with van der Waals surface area (Å²) in [6, 6.07) is 20.5. The molecule has 1 N–H and O–H groups in total. The summed E-state index contributed by atoms with van der Waals surface area (Å²) in [6.07, 6.45) is 1.27. The fourth-order valence-corrected chi connectivity index (χ4v) is 5.59. The maximum absolute atomic E-state index is 14.1. The van der Waals surface area contributed by atoms with Crippen LogP contribution >= 0.6 is 23.2 Å². The Morgan fingerprint density at radius 2 is 1.52 bits per heavy atom. The van der Waals surface area contributed by atoms with Crippen LogP contribution in [0.15, 0.2) is 72.8 Å². The second-order valence-electron chi connectivity index (χ2n) is 10.2. The summed E-state index contributed by atoms with van der Waals surface area (Å²) in [5, 5.41) is 3.43. The number of sulfonamides is 1. The molecule has 7 nitrogen and oxygen atoms in total. The number of halogens is 2. The van der Waals surface area contributed by atoms with E-state index in [1.165, 1.54) is 23.1 Å². The molecule has 3 aromatic rings. The van der Waals surface area contributed by atoms with Gasteiger partial charge in [-0.15, -0.1) is 0 Å². The SMILES string of the molecule is Cc1ccccc1CN(C(=O)CN(c1cc(Cl)cc(Cl)c1)S(C)(=O)=O)[C@@H](Cc1ccccc1)C(=O)NCC(C)C. The van der Waals surface area contributed by atoms with Crippen molar-refractivity contribution in [2.45, 2.75) is 39.8 Å². The second-order valence-corrected chi connectivity index (χ2v) is 13.0. The lowest BCUT2D eigenvalue weighted by atomic mass is 10.0. The van der Waals surface area contributed by atoms with Crippen LogP contribution in [0.3, 0.4) is 0 Å². The molecule has 0 fully saturated rings. The monoisotopic (exact) mass is 603 g/mol. The van der Waals surface area contributed by atoms with Crippen molar-refractivity contribution in [1.29, 1.82) is 0 Å². The third-order valence-corrected chi connectivity index (χ3v) is 7.95. The molecule has 0 radical (unpaired) electrons. The summed E-state index contributed by atoms with van der Waals surface area (Å²) in [5.41, 5.74) is 2.83. The Morgan fingerprint density at radius 1 is 0.925 bits per heavy atom. The molecule has 0 bridgehead atoms. The summed E-state index contributed by atoms with van der Waals surface area (Å²) in [5.74, 6) is -0.642. The van der Waals surface area contributed by atoms with Crippen LogP contribution in [0, 0.1) is 12.8 Å². The van der Waals surface area contributed by atoms with Crippen LogP contribution in [0.1, 0.15) is 30.5 Å². The molecule has 3 aromatic carbocycles. The predicted octanol–water partition coefficient (Wildman–Crippen LogP) is 5.48. The minimum Gasteiger partial charge on any atom is -0.354 e. The standard InChI is InChI=1S/C30H35Cl2N3O4S/c1-21(2)18-33-30(37)28(14-23-11-6-5-7-12-23)34(19-24-13-9-8-10-22(24)3)29(36)20-35(40(4,38)39)27-16-25(31)15-26(32)17-27/h5-13,15-17,21,28H,14,18-20H2,1-4H3,(H,33,37)/t28-/m0/s1. The Bertz CT molecular complexity index is 1410. The number of hydrogen-bond acceptors (Lipinski definition) is 4. The molecule has 214 valence electrons. The molecule has 0 aliphatic rings. The van der Waals surface area contributed by atoms with E-state index >= 15 is 0 Å². The van der Waals surface area contributed by atoms with E-state index in [1.807, 2.05) is 75.4 Å². The van der Waals surface area contributed by atoms with Crippen LogP contribution in [0.2, 0.25) is 10.0 Å². The van der Waals surface area contributed by atoms with Gasteiger partial charge in [-0.1, -0.05) is 91.6 Å². The third-order valence-electron chi connectivity index (χ3n) is 6.37. The van der Waals surface area contributed by atoms with Crippen LogP contribution in [0.4, 0.5) is 5.69 Å². The summed E-state index contributed by atoms with van der Waals surface area (Å²) in [6.45, 7) is 5.93. The molecule has 0 spiro atoms. The fraction of sp³-hybridized carbons (Fsp3) is 0.333. The summed E-state index contributed by atoms with van der Waals surface area (Å²) < 4.78 is 26.7. The van der Waals surface area contributed by atoms with E-state index in [0.717, 1.165) is 27.3 Å². The highest BCUT2D eigenvalue weighted by Gasteiger charge is 2.33. The van der Waals surface area contributed by atoms with Gasteiger partial charge in [0, 0.05) is 29.6 Å². The van der Waals surface area contributed by atoms with Crippen LogP contribution < -0.4 is 9.62 Å². The number of anilines is 1. The highest BCUT2D eigenvalue weighted by atomic mass is 35.5. The first-order valence-corrected chi connectivity index (χ1v) is 15.5. The molecule has 10 heteroatoms. The lowest BCUT2D eigenvalue weighted by Gasteiger charge is -2.34. The van der Waals surface area contributed by atoms with Gasteiger partial charge >= 0.3 is 0 Å². The Hall–Kier alpha value is -3.07. The van der Waals surface area contributed by atoms with E-state index in [0.29, 0.717) is 6.54 Å². The van der Waals surface area contributed by atoms with Gasteiger partial charge in [-0.2, -0.15) is 0 Å². The molecule has 0 unspecified atom stereocenters. The number of nitrogens with one attached hydrogen (secondary N) is 1. The van der Waals surface area contributed by atoms with E-state index in [9.17, 15) is 18.0 Å². The molecule has 3 rings (SSSR count). The molecule has 0 heterocycles. The van der Waals surface area contributed by atoms with Crippen molar-refractivity contribution < 1.29 is 18.0 Å². The van der Waals surface area contributed by atoms with E-state index in [1.54, 1.807) is 0 Å². The van der Waals surface area contributed by atoms with E-state index < -0.39 is 28.5 Å². The van der Waals surface area contributed by atoms with E-state index in [4.69, 9.17) is 23.2 Å². The first kappa shape index (κ1) is 31.5. The van der Waals surface area contributed by atoms with Gasteiger partial charge in [-0.3, -0.25) is 13.9 Å². The largest absolute Gasteiger partial charge is 0.354 e. The second kappa shape index (κ2) is 14.0. The van der Waals surface area contributed by atoms with Crippen LogP contribution in [0.5, 0.6) is 0 Å². The quantitative estimate of drug-likeness (QED) is 0.297. The Balaban J connectivity index is 2.07. The number of benzene rings is 3. The third kappa shape index (κ3) is 8.98. The molecule has 0 saturated heterocycles. The number of carbonyl (C=O) groups excluding carboxylic acids is 2. The van der Waals surface area contributed by atoms with Gasteiger partial charge < -0.3 is 10.2 Å². The fourth-order valence-electron chi connectivity index (χ4n) is 4.24. The van der Waals surface area contributed by atoms with Crippen molar-refractivity contribution in [2.24, 2.45) is 5.92 Å². The van der Waals surface area contributed by atoms with Crippen LogP contribution in [-0.2, 0) is 32.6 Å². The maximum atomic E-state index is 14.1. The smallest absolute Gasteiger partial charge is 0.244 e. The van der Waals surface area contributed by atoms with Gasteiger partial charge in [0.1, 0.15) is 12.6 Å². The molecule has 0 aliphatic heterocycles. The van der Waals surface area contributed by atoms with Gasteiger partial charge in [0.25, 0.3) is 0 Å². The number of amides is 2. The van der Waals surface area contributed by atoms with Crippen LogP contribution in [-0.4, -0.2) is 50.5 Å². The zero-order valence-electron chi connectivity index (χ0n) is 23.1. The van der Waals surface area contributed by atoms with Crippen molar-refractivity contribution in [3.63, 3.8) is 0 Å². The highest BCUT2D eigenvalue weighted by molar-refractivity contribution is 7.92. The topological polar surface area (TPSA) is 86.8 Å². The average Bonchev–Trinajstić information content (AvgIpc) is 2.88. The van der Waals surface area contributed by atoms with Crippen molar-refractivity contribution >= 4 is 50.7 Å². The van der Waals surface area contributed by atoms with Crippen molar-refractivity contribution in [3.05, 3.63) is 99.5 Å². The summed E-state index contributed by atoms with van der Waals surface area (Å²) in [7, 11) is -3.92. The first-order chi connectivity index (χ1) is 18.8. The Labute approximate surface area is 247 Å². The lowest BCUT2D eigenvalue weighted by Crippen LogP contribution is -2.53. The van der Waals surface area contributed by atoms with Crippen molar-refractivity contribution in [1.82, 2.24) is 10.2 Å². The predicted molar refractivity (Wildman–Crippen MR) is 162 cm³/mol. The highest BCUT2D eigenvalue weighted by Crippen LogP contribution is 2.27. The molecule has 2 amide bonds. The number of hydrogen-bond donors (Lipinski definition) is 1. The number of aryl methyl sites for hydroxylation is 1.